The van der Waals surface area contributed by atoms with Gasteiger partial charge in [0.1, 0.15) is 24.0 Å². The minimum absolute atomic E-state index is 0.0947. The van der Waals surface area contributed by atoms with Crippen LogP contribution < -0.4 is 9.47 Å². The van der Waals surface area contributed by atoms with Crippen LogP contribution in [0.3, 0.4) is 0 Å². The highest BCUT2D eigenvalue weighted by Crippen LogP contribution is 2.35. The van der Waals surface area contributed by atoms with E-state index in [4.69, 9.17) is 19.5 Å². The Labute approximate surface area is 209 Å². The average molecular weight is 514 g/mol. The molecule has 0 saturated carbocycles. The van der Waals surface area contributed by atoms with Gasteiger partial charge in [-0.1, -0.05) is 6.92 Å². The highest BCUT2D eigenvalue weighted by molar-refractivity contribution is 7.91. The van der Waals surface area contributed by atoms with Gasteiger partial charge in [0.05, 0.1) is 31.6 Å². The number of aromatic nitrogens is 6. The van der Waals surface area contributed by atoms with E-state index in [1.165, 1.54) is 26.7 Å². The van der Waals surface area contributed by atoms with Crippen LogP contribution in [0.15, 0.2) is 24.7 Å². The standard InChI is InChI=1S/C23H27N7O5S/c1-14(18-6-5-16(9-24)10-25-18)15(2)36(31,32)12-19-28-29-21(17-7-8-35-11-17)30(19)20-22(33-3)26-13-27-23(20)34-4/h5-6,10,13-15,17H,7-8,11-12H2,1-4H3/t14-,15-,17-/m0/s1. The Bertz CT molecular complexity index is 1340. The Morgan fingerprint density at radius 2 is 1.89 bits per heavy atom. The van der Waals surface area contributed by atoms with Crippen molar-refractivity contribution >= 4 is 9.84 Å². The zero-order valence-electron chi connectivity index (χ0n) is 20.4. The highest BCUT2D eigenvalue weighted by Gasteiger charge is 2.34. The van der Waals surface area contributed by atoms with Gasteiger partial charge in [0.15, 0.2) is 21.3 Å². The van der Waals surface area contributed by atoms with Gasteiger partial charge >= 0.3 is 0 Å². The van der Waals surface area contributed by atoms with E-state index in [9.17, 15) is 8.42 Å². The Hall–Kier alpha value is -3.63. The van der Waals surface area contributed by atoms with Crippen LogP contribution in [-0.4, -0.2) is 70.8 Å². The zero-order chi connectivity index (χ0) is 25.9. The average Bonchev–Trinajstić information content (AvgIpc) is 3.57. The number of nitrogens with zero attached hydrogens (tertiary/aromatic N) is 7. The largest absolute Gasteiger partial charge is 0.479 e. The molecule has 12 nitrogen and oxygen atoms in total. The minimum Gasteiger partial charge on any atom is -0.479 e. The van der Waals surface area contributed by atoms with Crippen LogP contribution >= 0.6 is 0 Å². The van der Waals surface area contributed by atoms with Gasteiger partial charge in [0.25, 0.3) is 0 Å². The Balaban J connectivity index is 1.75. The first-order valence-corrected chi connectivity index (χ1v) is 13.0. The number of pyridine rings is 1. The molecule has 0 N–H and O–H groups in total. The van der Waals surface area contributed by atoms with E-state index in [1.54, 1.807) is 30.5 Å². The van der Waals surface area contributed by atoms with E-state index in [0.717, 1.165) is 0 Å². The molecule has 3 aromatic heterocycles. The lowest BCUT2D eigenvalue weighted by molar-refractivity contribution is 0.193. The van der Waals surface area contributed by atoms with Crippen molar-refractivity contribution in [3.63, 3.8) is 0 Å². The molecule has 4 heterocycles. The first kappa shape index (κ1) is 25.5. The summed E-state index contributed by atoms with van der Waals surface area (Å²) in [7, 11) is -0.824. The fourth-order valence-corrected chi connectivity index (χ4v) is 5.68. The third kappa shape index (κ3) is 4.87. The third-order valence-corrected chi connectivity index (χ3v) is 8.60. The van der Waals surface area contributed by atoms with Crippen molar-refractivity contribution < 1.29 is 22.6 Å². The van der Waals surface area contributed by atoms with Gasteiger partial charge in [-0.3, -0.25) is 9.55 Å². The number of sulfone groups is 1. The van der Waals surface area contributed by atoms with Gasteiger partial charge in [0.2, 0.25) is 11.8 Å². The summed E-state index contributed by atoms with van der Waals surface area (Å²) in [6, 6.07) is 5.31. The molecule has 0 bridgehead atoms. The molecule has 0 aliphatic carbocycles. The van der Waals surface area contributed by atoms with Crippen LogP contribution in [-0.2, 0) is 20.3 Å². The number of hydrogen-bond donors (Lipinski definition) is 0. The Kier molecular flexibility index (Phi) is 7.46. The third-order valence-electron chi connectivity index (χ3n) is 6.40. The second-order valence-electron chi connectivity index (χ2n) is 8.50. The predicted octanol–water partition coefficient (Wildman–Crippen LogP) is 1.95. The lowest BCUT2D eigenvalue weighted by Gasteiger charge is -2.21. The Morgan fingerprint density at radius 1 is 1.17 bits per heavy atom. The molecule has 3 aromatic rings. The molecule has 13 heteroatoms. The first-order valence-electron chi connectivity index (χ1n) is 11.3. The van der Waals surface area contributed by atoms with Gasteiger partial charge in [-0.25, -0.2) is 8.42 Å². The van der Waals surface area contributed by atoms with Crippen LogP contribution in [0.2, 0.25) is 0 Å². The molecular formula is C23H27N7O5S. The maximum absolute atomic E-state index is 13.6. The van der Waals surface area contributed by atoms with Gasteiger partial charge < -0.3 is 14.2 Å². The first-order chi connectivity index (χ1) is 17.3. The molecule has 1 saturated heterocycles. The van der Waals surface area contributed by atoms with E-state index in [-0.39, 0.29) is 23.5 Å². The molecule has 0 radical (unpaired) electrons. The van der Waals surface area contributed by atoms with Crippen molar-refractivity contribution in [1.82, 2.24) is 29.7 Å². The fourth-order valence-electron chi connectivity index (χ4n) is 4.11. The summed E-state index contributed by atoms with van der Waals surface area (Å²) in [6.45, 7) is 4.43. The van der Waals surface area contributed by atoms with Crippen molar-refractivity contribution in [2.24, 2.45) is 0 Å². The topological polar surface area (TPSA) is 155 Å². The van der Waals surface area contributed by atoms with Crippen LogP contribution in [0.4, 0.5) is 0 Å². The van der Waals surface area contributed by atoms with Gasteiger partial charge in [0, 0.05) is 30.3 Å². The van der Waals surface area contributed by atoms with E-state index < -0.39 is 26.8 Å². The Morgan fingerprint density at radius 3 is 2.44 bits per heavy atom. The number of hydrogen-bond acceptors (Lipinski definition) is 11. The number of ether oxygens (including phenoxy) is 3. The zero-order valence-corrected chi connectivity index (χ0v) is 21.3. The molecule has 1 fully saturated rings. The molecular weight excluding hydrogens is 486 g/mol. The second kappa shape index (κ2) is 10.5. The number of nitriles is 1. The summed E-state index contributed by atoms with van der Waals surface area (Å²) in [4.78, 5) is 12.6. The molecule has 1 aliphatic heterocycles. The quantitative estimate of drug-likeness (QED) is 0.412. The van der Waals surface area contributed by atoms with Gasteiger partial charge in [-0.15, -0.1) is 10.2 Å². The lowest BCUT2D eigenvalue weighted by atomic mass is 10.0. The summed E-state index contributed by atoms with van der Waals surface area (Å²) in [5.74, 6) is 0.200. The summed E-state index contributed by atoms with van der Waals surface area (Å²) < 4.78 is 45.2. The second-order valence-corrected chi connectivity index (χ2v) is 10.9. The van der Waals surface area contributed by atoms with Crippen molar-refractivity contribution in [2.75, 3.05) is 27.4 Å². The van der Waals surface area contributed by atoms with E-state index in [0.29, 0.717) is 42.4 Å². The van der Waals surface area contributed by atoms with Crippen LogP contribution in [0.1, 0.15) is 55.0 Å². The minimum atomic E-state index is -3.74. The van der Waals surface area contributed by atoms with Crippen molar-refractivity contribution in [3.8, 4) is 23.5 Å². The molecule has 36 heavy (non-hydrogen) atoms. The monoisotopic (exact) mass is 513 g/mol. The van der Waals surface area contributed by atoms with Gasteiger partial charge in [-0.2, -0.15) is 15.2 Å². The lowest BCUT2D eigenvalue weighted by Crippen LogP contribution is -2.27. The van der Waals surface area contributed by atoms with Crippen molar-refractivity contribution in [2.45, 2.75) is 43.1 Å². The number of rotatable bonds is 9. The summed E-state index contributed by atoms with van der Waals surface area (Å²) >= 11 is 0. The molecule has 0 spiro atoms. The smallest absolute Gasteiger partial charge is 0.245 e. The van der Waals surface area contributed by atoms with Crippen molar-refractivity contribution in [1.29, 1.82) is 5.26 Å². The summed E-state index contributed by atoms with van der Waals surface area (Å²) in [5.41, 5.74) is 1.31. The SMILES string of the molecule is COc1ncnc(OC)c1-n1c(CS(=O)(=O)[C@@H](C)[C@H](C)c2ccc(C#N)cn2)nnc1[C@H]1CCOC1. The maximum Gasteiger partial charge on any atom is 0.245 e. The van der Waals surface area contributed by atoms with Crippen LogP contribution in [0.5, 0.6) is 11.8 Å². The molecule has 3 atom stereocenters. The van der Waals surface area contributed by atoms with Crippen LogP contribution in [0, 0.1) is 11.3 Å². The van der Waals surface area contributed by atoms with E-state index in [2.05, 4.69) is 25.1 Å². The fraction of sp³-hybridized carbons (Fsp3) is 0.478. The number of methoxy groups -OCH3 is 2. The van der Waals surface area contributed by atoms with Gasteiger partial charge in [-0.05, 0) is 25.5 Å². The predicted molar refractivity (Wildman–Crippen MR) is 128 cm³/mol. The normalized spacial score (nSPS) is 17.4. The molecule has 0 unspecified atom stereocenters. The van der Waals surface area contributed by atoms with Crippen molar-refractivity contribution in [3.05, 3.63) is 47.6 Å². The highest BCUT2D eigenvalue weighted by atomic mass is 32.2. The summed E-state index contributed by atoms with van der Waals surface area (Å²) in [5, 5.41) is 16.8. The van der Waals surface area contributed by atoms with Crippen LogP contribution in [0.25, 0.3) is 5.69 Å². The van der Waals surface area contributed by atoms with E-state index in [1.807, 2.05) is 6.07 Å². The molecule has 0 aromatic carbocycles. The molecule has 1 aliphatic rings. The molecule has 4 rings (SSSR count). The molecule has 190 valence electrons. The molecule has 0 amide bonds. The summed E-state index contributed by atoms with van der Waals surface area (Å²) in [6.07, 6.45) is 3.45. The van der Waals surface area contributed by atoms with E-state index >= 15 is 0 Å². The maximum atomic E-state index is 13.6.